The minimum Gasteiger partial charge on any atom is -0.462 e. The molecule has 0 aromatic heterocycles. The van der Waals surface area contributed by atoms with Gasteiger partial charge in [0, 0.05) is 6.42 Å². The number of quaternary nitrogens is 1. The van der Waals surface area contributed by atoms with E-state index in [1.807, 2.05) is 19.1 Å². The van der Waals surface area contributed by atoms with E-state index in [1.165, 1.54) is 32.1 Å². The summed E-state index contributed by atoms with van der Waals surface area (Å²) >= 11 is 0. The van der Waals surface area contributed by atoms with Gasteiger partial charge in [0.15, 0.2) is 6.04 Å². The molecule has 1 aromatic rings. The number of amides is 1. The summed E-state index contributed by atoms with van der Waals surface area (Å²) in [5.41, 5.74) is 1.92. The number of ether oxygens (including phenoxy) is 1. The van der Waals surface area contributed by atoms with Gasteiger partial charge in [0.1, 0.15) is 0 Å². The van der Waals surface area contributed by atoms with Gasteiger partial charge in [0.05, 0.1) is 37.5 Å². The van der Waals surface area contributed by atoms with Crippen LogP contribution in [-0.4, -0.2) is 48.6 Å². The van der Waals surface area contributed by atoms with Crippen LogP contribution in [0.4, 0.5) is 5.69 Å². The van der Waals surface area contributed by atoms with Crippen molar-refractivity contribution in [2.45, 2.75) is 78.7 Å². The zero-order valence-corrected chi connectivity index (χ0v) is 18.8. The summed E-state index contributed by atoms with van der Waals surface area (Å²) in [7, 11) is 0. The minimum atomic E-state index is -0.385. The second-order valence-electron chi connectivity index (χ2n) is 8.26. The molecule has 2 rings (SSSR count). The third-order valence-corrected chi connectivity index (χ3v) is 6.38. The first-order valence-corrected chi connectivity index (χ1v) is 11.4. The monoisotopic (exact) mass is 403 g/mol. The molecule has 1 heterocycles. The van der Waals surface area contributed by atoms with Gasteiger partial charge < -0.3 is 14.5 Å². The lowest BCUT2D eigenvalue weighted by molar-refractivity contribution is -0.942. The summed E-state index contributed by atoms with van der Waals surface area (Å²) in [5, 5.41) is 3.14. The SMILES string of the molecule is CCCC(C(=O)Nc1c(C)cccc1C(=O)OCC)[N+]1(CC)CCCCCCC1. The summed E-state index contributed by atoms with van der Waals surface area (Å²) in [6, 6.07) is 5.40. The van der Waals surface area contributed by atoms with E-state index in [9.17, 15) is 9.59 Å². The number of rotatable bonds is 8. The van der Waals surface area contributed by atoms with Crippen molar-refractivity contribution in [1.82, 2.24) is 0 Å². The summed E-state index contributed by atoms with van der Waals surface area (Å²) < 4.78 is 6.07. The number of nitrogens with zero attached hydrogens (tertiary/aromatic N) is 1. The lowest BCUT2D eigenvalue weighted by Gasteiger charge is -2.44. The Labute approximate surface area is 176 Å². The van der Waals surface area contributed by atoms with Crippen LogP contribution in [0.1, 0.15) is 81.6 Å². The molecule has 0 aliphatic carbocycles. The van der Waals surface area contributed by atoms with Crippen LogP contribution in [-0.2, 0) is 9.53 Å². The third kappa shape index (κ3) is 5.81. The predicted molar refractivity (Wildman–Crippen MR) is 118 cm³/mol. The molecular weight excluding hydrogens is 364 g/mol. The zero-order chi connectivity index (χ0) is 21.3. The van der Waals surface area contributed by atoms with Crippen molar-refractivity contribution < 1.29 is 18.8 Å². The van der Waals surface area contributed by atoms with Crippen molar-refractivity contribution in [3.05, 3.63) is 29.3 Å². The van der Waals surface area contributed by atoms with Crippen LogP contribution in [0.5, 0.6) is 0 Å². The maximum atomic E-state index is 13.6. The van der Waals surface area contributed by atoms with Gasteiger partial charge in [0.25, 0.3) is 5.91 Å². The van der Waals surface area contributed by atoms with Crippen molar-refractivity contribution in [2.75, 3.05) is 31.6 Å². The predicted octanol–water partition coefficient (Wildman–Crippen LogP) is 5.08. The molecular formula is C24H39N2O3+. The molecule has 162 valence electrons. The molecule has 0 radical (unpaired) electrons. The largest absolute Gasteiger partial charge is 0.462 e. The number of aryl methyl sites for hydroxylation is 1. The van der Waals surface area contributed by atoms with Crippen LogP contribution < -0.4 is 5.32 Å². The van der Waals surface area contributed by atoms with E-state index >= 15 is 0 Å². The van der Waals surface area contributed by atoms with E-state index in [-0.39, 0.29) is 17.9 Å². The highest BCUT2D eigenvalue weighted by Crippen LogP contribution is 2.28. The van der Waals surface area contributed by atoms with Crippen LogP contribution in [0, 0.1) is 6.92 Å². The van der Waals surface area contributed by atoms with Gasteiger partial charge in [-0.1, -0.05) is 25.5 Å². The summed E-state index contributed by atoms with van der Waals surface area (Å²) in [6.07, 6.45) is 8.01. The normalized spacial score (nSPS) is 17.7. The Morgan fingerprint density at radius 3 is 2.31 bits per heavy atom. The van der Waals surface area contributed by atoms with Crippen molar-refractivity contribution in [3.63, 3.8) is 0 Å². The van der Waals surface area contributed by atoms with Gasteiger partial charge in [-0.3, -0.25) is 4.79 Å². The van der Waals surface area contributed by atoms with Gasteiger partial charge in [-0.05, 0) is 64.5 Å². The first-order valence-electron chi connectivity index (χ1n) is 11.4. The molecule has 29 heavy (non-hydrogen) atoms. The van der Waals surface area contributed by atoms with E-state index in [4.69, 9.17) is 4.74 Å². The fraction of sp³-hybridized carbons (Fsp3) is 0.667. The number of carbonyl (C=O) groups is 2. The molecule has 1 N–H and O–H groups in total. The Morgan fingerprint density at radius 1 is 1.07 bits per heavy atom. The number of carbonyl (C=O) groups excluding carboxylic acids is 2. The highest BCUT2D eigenvalue weighted by molar-refractivity contribution is 6.03. The molecule has 1 unspecified atom stereocenters. The molecule has 1 aliphatic rings. The van der Waals surface area contributed by atoms with E-state index in [1.54, 1.807) is 13.0 Å². The van der Waals surface area contributed by atoms with Gasteiger partial charge >= 0.3 is 5.97 Å². The van der Waals surface area contributed by atoms with E-state index < -0.39 is 0 Å². The molecule has 1 aromatic carbocycles. The van der Waals surface area contributed by atoms with E-state index in [0.717, 1.165) is 42.5 Å². The Morgan fingerprint density at radius 2 is 1.72 bits per heavy atom. The Bertz CT molecular complexity index is 679. The van der Waals surface area contributed by atoms with Crippen LogP contribution >= 0.6 is 0 Å². The number of esters is 1. The van der Waals surface area contributed by atoms with Gasteiger partial charge in [-0.25, -0.2) is 4.79 Å². The van der Waals surface area contributed by atoms with Crippen LogP contribution in [0.3, 0.4) is 0 Å². The smallest absolute Gasteiger partial charge is 0.340 e. The molecule has 1 atom stereocenters. The Kier molecular flexibility index (Phi) is 9.15. The average molecular weight is 404 g/mol. The molecule has 1 aliphatic heterocycles. The maximum Gasteiger partial charge on any atom is 0.340 e. The minimum absolute atomic E-state index is 0.0362. The molecule has 5 heteroatoms. The number of hydrogen-bond acceptors (Lipinski definition) is 3. The fourth-order valence-corrected chi connectivity index (χ4v) is 4.69. The highest BCUT2D eigenvalue weighted by atomic mass is 16.5. The lowest BCUT2D eigenvalue weighted by Crippen LogP contribution is -2.61. The first-order chi connectivity index (χ1) is 14.0. The van der Waals surface area contributed by atoms with Gasteiger partial charge in [0.2, 0.25) is 0 Å². The number of benzene rings is 1. The number of anilines is 1. The fourth-order valence-electron chi connectivity index (χ4n) is 4.69. The number of likely N-dealkylation sites (N-methyl/N-ethyl adjacent to an activating group) is 1. The van der Waals surface area contributed by atoms with Crippen molar-refractivity contribution in [3.8, 4) is 0 Å². The Balaban J connectivity index is 2.33. The van der Waals surface area contributed by atoms with Crippen molar-refractivity contribution in [2.24, 2.45) is 0 Å². The molecule has 1 saturated heterocycles. The standard InChI is InChI=1S/C24H38N2O3/c1-5-14-21(26(6-2)17-11-9-8-10-12-18-26)23(27)25-22-19(4)15-13-16-20(22)24(28)29-7-3/h13,15-16,21H,5-12,14,17-18H2,1-4H3/p+1. The summed E-state index contributed by atoms with van der Waals surface area (Å²) in [4.78, 5) is 26.0. The number of nitrogens with one attached hydrogen (secondary N) is 1. The van der Waals surface area contributed by atoms with Crippen LogP contribution in [0.25, 0.3) is 0 Å². The lowest BCUT2D eigenvalue weighted by atomic mass is 9.99. The van der Waals surface area contributed by atoms with Gasteiger partial charge in [-0.2, -0.15) is 0 Å². The Hall–Kier alpha value is -1.88. The van der Waals surface area contributed by atoms with Crippen molar-refractivity contribution in [1.29, 1.82) is 0 Å². The molecule has 1 fully saturated rings. The number of para-hydroxylation sites is 1. The van der Waals surface area contributed by atoms with E-state index in [0.29, 0.717) is 17.9 Å². The highest BCUT2D eigenvalue weighted by Gasteiger charge is 2.40. The summed E-state index contributed by atoms with van der Waals surface area (Å²) in [5.74, 6) is -0.349. The zero-order valence-electron chi connectivity index (χ0n) is 18.8. The second kappa shape index (κ2) is 11.3. The average Bonchev–Trinajstić information content (AvgIpc) is 2.68. The molecule has 0 bridgehead atoms. The number of hydrogen-bond donors (Lipinski definition) is 1. The van der Waals surface area contributed by atoms with E-state index in [2.05, 4.69) is 19.2 Å². The third-order valence-electron chi connectivity index (χ3n) is 6.38. The maximum absolute atomic E-state index is 13.6. The second-order valence-corrected chi connectivity index (χ2v) is 8.26. The molecule has 0 spiro atoms. The van der Waals surface area contributed by atoms with Gasteiger partial charge in [-0.15, -0.1) is 0 Å². The molecule has 1 amide bonds. The number of likely N-dealkylation sites (tertiary alicyclic amines) is 1. The van der Waals surface area contributed by atoms with Crippen LogP contribution in [0.15, 0.2) is 18.2 Å². The van der Waals surface area contributed by atoms with Crippen molar-refractivity contribution >= 4 is 17.6 Å². The molecule has 5 nitrogen and oxygen atoms in total. The van der Waals surface area contributed by atoms with Crippen LogP contribution in [0.2, 0.25) is 0 Å². The quantitative estimate of drug-likeness (QED) is 0.486. The summed E-state index contributed by atoms with van der Waals surface area (Å²) in [6.45, 7) is 11.5. The topological polar surface area (TPSA) is 55.4 Å². The molecule has 0 saturated carbocycles. The first kappa shape index (κ1) is 23.4.